The second kappa shape index (κ2) is 10.5. The molecule has 0 atom stereocenters. The van der Waals surface area contributed by atoms with E-state index in [1.54, 1.807) is 0 Å². The number of fused-ring (bicyclic) bond motifs is 6. The molecule has 9 rings (SSSR count). The molecule has 0 spiro atoms. The summed E-state index contributed by atoms with van der Waals surface area (Å²) in [5.74, 6) is 0. The van der Waals surface area contributed by atoms with E-state index in [1.807, 2.05) is 17.4 Å². The van der Waals surface area contributed by atoms with E-state index in [1.165, 1.54) is 36.9 Å². The van der Waals surface area contributed by atoms with Crippen LogP contribution in [-0.2, 0) is 0 Å². The number of anilines is 3. The van der Waals surface area contributed by atoms with E-state index in [4.69, 9.17) is 4.42 Å². The number of thiophene rings is 1. The van der Waals surface area contributed by atoms with Crippen molar-refractivity contribution in [2.24, 2.45) is 0 Å². The van der Waals surface area contributed by atoms with Gasteiger partial charge in [0.05, 0.1) is 22.4 Å². The molecule has 0 aliphatic carbocycles. The van der Waals surface area contributed by atoms with Gasteiger partial charge < -0.3 is 9.32 Å². The number of furan rings is 1. The molecule has 7 aromatic carbocycles. The van der Waals surface area contributed by atoms with Crippen molar-refractivity contribution in [3.05, 3.63) is 164 Å². The summed E-state index contributed by atoms with van der Waals surface area (Å²) in [5.41, 5.74) is 9.76. The summed E-state index contributed by atoms with van der Waals surface area (Å²) >= 11 is 1.86. The van der Waals surface area contributed by atoms with Crippen molar-refractivity contribution in [1.29, 1.82) is 0 Å². The highest BCUT2D eigenvalue weighted by Crippen LogP contribution is 2.48. The molecule has 2 heterocycles. The molecule has 3 heteroatoms. The zero-order valence-corrected chi connectivity index (χ0v) is 25.2. The van der Waals surface area contributed by atoms with E-state index in [2.05, 4.69) is 163 Å². The maximum atomic E-state index is 6.40. The molecule has 0 aliphatic rings. The number of hydrogen-bond donors (Lipinski definition) is 0. The Balaban J connectivity index is 1.34. The first-order valence-electron chi connectivity index (χ1n) is 15.2. The van der Waals surface area contributed by atoms with Crippen LogP contribution < -0.4 is 4.90 Å². The summed E-state index contributed by atoms with van der Waals surface area (Å²) in [6.45, 7) is 0. The third-order valence-corrected chi connectivity index (χ3v) is 9.82. The molecule has 0 unspecified atom stereocenters. The summed E-state index contributed by atoms with van der Waals surface area (Å²) in [6, 6.07) is 58.5. The van der Waals surface area contributed by atoms with Gasteiger partial charge in [-0.25, -0.2) is 0 Å². The highest BCUT2D eigenvalue weighted by molar-refractivity contribution is 7.25. The second-order valence-corrected chi connectivity index (χ2v) is 12.4. The van der Waals surface area contributed by atoms with Crippen molar-refractivity contribution in [2.45, 2.75) is 0 Å². The first-order valence-corrected chi connectivity index (χ1v) is 16.0. The predicted octanol–water partition coefficient (Wildman–Crippen LogP) is 12.8. The quantitative estimate of drug-likeness (QED) is 0.197. The Kier molecular flexibility index (Phi) is 6.03. The van der Waals surface area contributed by atoms with Gasteiger partial charge in [-0.3, -0.25) is 0 Å². The monoisotopic (exact) mass is 593 g/mol. The third kappa shape index (κ3) is 4.24. The average Bonchev–Trinajstić information content (AvgIpc) is 3.68. The first-order chi connectivity index (χ1) is 22.3. The SMILES string of the molecule is c1ccc(-c2ccccc2N(c2ccccc2-c2ccc3c(c2)sc2ccccc23)c2cccc3oc4ccccc4c23)cc1. The van der Waals surface area contributed by atoms with Crippen molar-refractivity contribution in [1.82, 2.24) is 0 Å². The highest BCUT2D eigenvalue weighted by atomic mass is 32.1. The van der Waals surface area contributed by atoms with Crippen LogP contribution in [0.25, 0.3) is 64.4 Å². The summed E-state index contributed by atoms with van der Waals surface area (Å²) in [6.07, 6.45) is 0. The van der Waals surface area contributed by atoms with Gasteiger partial charge in [-0.2, -0.15) is 0 Å². The molecule has 45 heavy (non-hydrogen) atoms. The Bertz CT molecular complexity index is 2510. The van der Waals surface area contributed by atoms with Crippen LogP contribution in [0, 0.1) is 0 Å². The molecule has 0 saturated heterocycles. The van der Waals surface area contributed by atoms with Crippen molar-refractivity contribution in [2.75, 3.05) is 4.90 Å². The van der Waals surface area contributed by atoms with Crippen LogP contribution in [0.15, 0.2) is 168 Å². The van der Waals surface area contributed by atoms with Crippen molar-refractivity contribution < 1.29 is 4.42 Å². The molecule has 212 valence electrons. The summed E-state index contributed by atoms with van der Waals surface area (Å²) in [4.78, 5) is 2.43. The van der Waals surface area contributed by atoms with Gasteiger partial charge >= 0.3 is 0 Å². The minimum atomic E-state index is 0.875. The highest BCUT2D eigenvalue weighted by Gasteiger charge is 2.24. The Morgan fingerprint density at radius 1 is 0.400 bits per heavy atom. The van der Waals surface area contributed by atoms with Crippen LogP contribution in [0.3, 0.4) is 0 Å². The molecule has 0 amide bonds. The van der Waals surface area contributed by atoms with Crippen LogP contribution in [0.2, 0.25) is 0 Å². The summed E-state index contributed by atoms with van der Waals surface area (Å²) < 4.78 is 9.01. The lowest BCUT2D eigenvalue weighted by Crippen LogP contribution is -2.12. The summed E-state index contributed by atoms with van der Waals surface area (Å²) in [7, 11) is 0. The normalized spacial score (nSPS) is 11.6. The molecule has 2 aromatic heterocycles. The lowest BCUT2D eigenvalue weighted by Gasteiger charge is -2.30. The van der Waals surface area contributed by atoms with Gasteiger partial charge in [0, 0.05) is 36.7 Å². The Hall–Kier alpha value is -5.64. The Labute approximate surface area is 265 Å². The molecular formula is C42H27NOS. The summed E-state index contributed by atoms with van der Waals surface area (Å²) in [5, 5.41) is 4.83. The number of benzene rings is 7. The van der Waals surface area contributed by atoms with Gasteiger partial charge in [-0.1, -0.05) is 121 Å². The van der Waals surface area contributed by atoms with Gasteiger partial charge in [-0.15, -0.1) is 11.3 Å². The van der Waals surface area contributed by atoms with Crippen molar-refractivity contribution in [3.8, 4) is 22.3 Å². The molecule has 9 aromatic rings. The van der Waals surface area contributed by atoms with Crippen molar-refractivity contribution >= 4 is 70.5 Å². The van der Waals surface area contributed by atoms with E-state index < -0.39 is 0 Å². The lowest BCUT2D eigenvalue weighted by molar-refractivity contribution is 0.669. The largest absolute Gasteiger partial charge is 0.456 e. The van der Waals surface area contributed by atoms with Crippen LogP contribution >= 0.6 is 11.3 Å². The first kappa shape index (κ1) is 25.8. The zero-order valence-electron chi connectivity index (χ0n) is 24.4. The number of nitrogens with zero attached hydrogens (tertiary/aromatic N) is 1. The van der Waals surface area contributed by atoms with Gasteiger partial charge in [0.1, 0.15) is 11.2 Å². The number of para-hydroxylation sites is 3. The Morgan fingerprint density at radius 3 is 1.82 bits per heavy atom. The predicted molar refractivity (Wildman–Crippen MR) is 192 cm³/mol. The van der Waals surface area contributed by atoms with E-state index in [9.17, 15) is 0 Å². The topological polar surface area (TPSA) is 16.4 Å². The molecule has 0 saturated carbocycles. The van der Waals surface area contributed by atoms with E-state index in [-0.39, 0.29) is 0 Å². The van der Waals surface area contributed by atoms with Gasteiger partial charge in [0.2, 0.25) is 0 Å². The van der Waals surface area contributed by atoms with Crippen LogP contribution in [0.1, 0.15) is 0 Å². The second-order valence-electron chi connectivity index (χ2n) is 11.3. The third-order valence-electron chi connectivity index (χ3n) is 8.69. The van der Waals surface area contributed by atoms with Crippen LogP contribution in [0.4, 0.5) is 17.1 Å². The van der Waals surface area contributed by atoms with E-state index >= 15 is 0 Å². The van der Waals surface area contributed by atoms with Crippen molar-refractivity contribution in [3.63, 3.8) is 0 Å². The van der Waals surface area contributed by atoms with Gasteiger partial charge in [-0.05, 0) is 53.6 Å². The lowest BCUT2D eigenvalue weighted by atomic mass is 9.97. The molecular weight excluding hydrogens is 567 g/mol. The maximum Gasteiger partial charge on any atom is 0.137 e. The van der Waals surface area contributed by atoms with Gasteiger partial charge in [0.15, 0.2) is 0 Å². The number of rotatable bonds is 5. The minimum absolute atomic E-state index is 0.875. The molecule has 0 N–H and O–H groups in total. The van der Waals surface area contributed by atoms with Gasteiger partial charge in [0.25, 0.3) is 0 Å². The molecule has 0 aliphatic heterocycles. The fraction of sp³-hybridized carbons (Fsp3) is 0. The average molecular weight is 594 g/mol. The maximum absolute atomic E-state index is 6.40. The number of hydrogen-bond acceptors (Lipinski definition) is 3. The molecule has 0 bridgehead atoms. The smallest absolute Gasteiger partial charge is 0.137 e. The Morgan fingerprint density at radius 2 is 1.00 bits per heavy atom. The molecule has 0 fully saturated rings. The van der Waals surface area contributed by atoms with Crippen LogP contribution in [-0.4, -0.2) is 0 Å². The van der Waals surface area contributed by atoms with Crippen LogP contribution in [0.5, 0.6) is 0 Å². The fourth-order valence-electron chi connectivity index (χ4n) is 6.67. The molecule has 0 radical (unpaired) electrons. The standard InChI is InChI=1S/C42H27NOS/c1-2-13-28(14-3-1)30-15-4-8-19-35(30)43(37-21-12-23-39-42(37)34-18-6-10-22-38(34)44-39)36-20-9-5-16-31(36)29-25-26-33-32-17-7-11-24-40(32)45-41(33)27-29/h1-27H. The van der Waals surface area contributed by atoms with E-state index in [0.717, 1.165) is 44.6 Å². The zero-order chi connectivity index (χ0) is 29.7. The fourth-order valence-corrected chi connectivity index (χ4v) is 7.81. The molecule has 2 nitrogen and oxygen atoms in total. The minimum Gasteiger partial charge on any atom is -0.456 e. The van der Waals surface area contributed by atoms with E-state index in [0.29, 0.717) is 0 Å².